The third-order valence-corrected chi connectivity index (χ3v) is 3.06. The molecular weight excluding hydrogens is 174 g/mol. The smallest absolute Gasteiger partial charge is 0.107 e. The summed E-state index contributed by atoms with van der Waals surface area (Å²) >= 11 is 0. The van der Waals surface area contributed by atoms with Gasteiger partial charge in [-0.05, 0) is 31.6 Å². The molecule has 0 spiro atoms. The van der Waals surface area contributed by atoms with Crippen LogP contribution in [0.4, 0.5) is 0 Å². The summed E-state index contributed by atoms with van der Waals surface area (Å²) in [6, 6.07) is 0. The van der Waals surface area contributed by atoms with E-state index in [-0.39, 0.29) is 6.23 Å². The van der Waals surface area contributed by atoms with Crippen molar-refractivity contribution in [1.82, 2.24) is 4.90 Å². The van der Waals surface area contributed by atoms with Crippen LogP contribution in [0.1, 0.15) is 52.4 Å². The van der Waals surface area contributed by atoms with E-state index in [4.69, 9.17) is 0 Å². The van der Waals surface area contributed by atoms with Crippen molar-refractivity contribution in [3.63, 3.8) is 0 Å². The molecule has 1 unspecified atom stereocenters. The molecule has 0 aliphatic carbocycles. The van der Waals surface area contributed by atoms with Crippen LogP contribution in [0, 0.1) is 5.92 Å². The molecule has 2 heteroatoms. The molecule has 84 valence electrons. The van der Waals surface area contributed by atoms with Gasteiger partial charge < -0.3 is 5.11 Å². The van der Waals surface area contributed by atoms with Gasteiger partial charge in [-0.25, -0.2) is 0 Å². The lowest BCUT2D eigenvalue weighted by Gasteiger charge is -2.31. The van der Waals surface area contributed by atoms with E-state index in [1.165, 1.54) is 25.7 Å². The van der Waals surface area contributed by atoms with Gasteiger partial charge in [0.05, 0.1) is 0 Å². The number of piperidine rings is 1. The number of nitrogens with zero attached hydrogens (tertiary/aromatic N) is 1. The molecule has 1 aliphatic rings. The molecule has 1 fully saturated rings. The summed E-state index contributed by atoms with van der Waals surface area (Å²) in [6.45, 7) is 6.69. The molecule has 1 rings (SSSR count). The Balaban J connectivity index is 2.10. The van der Waals surface area contributed by atoms with Crippen LogP contribution >= 0.6 is 0 Å². The predicted octanol–water partition coefficient (Wildman–Crippen LogP) is 2.62. The third-order valence-electron chi connectivity index (χ3n) is 3.06. The summed E-state index contributed by atoms with van der Waals surface area (Å²) in [5.74, 6) is 0.767. The highest BCUT2D eigenvalue weighted by Crippen LogP contribution is 2.15. The van der Waals surface area contributed by atoms with Gasteiger partial charge in [0.2, 0.25) is 0 Å². The summed E-state index contributed by atoms with van der Waals surface area (Å²) in [5.41, 5.74) is 0. The Hall–Kier alpha value is -0.0800. The molecular formula is C12H25NO. The third kappa shape index (κ3) is 4.43. The van der Waals surface area contributed by atoms with E-state index in [2.05, 4.69) is 18.7 Å². The largest absolute Gasteiger partial charge is 0.378 e. The number of aliphatic hydroxyl groups is 1. The molecule has 1 atom stereocenters. The van der Waals surface area contributed by atoms with E-state index in [1.54, 1.807) is 0 Å². The van der Waals surface area contributed by atoms with Crippen molar-refractivity contribution in [2.75, 3.05) is 13.1 Å². The zero-order chi connectivity index (χ0) is 10.4. The molecule has 2 nitrogen and oxygen atoms in total. The van der Waals surface area contributed by atoms with Crippen LogP contribution in [0.15, 0.2) is 0 Å². The van der Waals surface area contributed by atoms with Gasteiger partial charge in [0, 0.05) is 13.1 Å². The van der Waals surface area contributed by atoms with Crippen LogP contribution < -0.4 is 0 Å². The molecule has 1 saturated heterocycles. The first-order valence-corrected chi connectivity index (χ1v) is 6.12. The average Bonchev–Trinajstić information content (AvgIpc) is 2.18. The molecule has 0 saturated carbocycles. The van der Waals surface area contributed by atoms with Gasteiger partial charge in [-0.1, -0.05) is 26.7 Å². The molecule has 0 bridgehead atoms. The van der Waals surface area contributed by atoms with E-state index in [0.29, 0.717) is 0 Å². The van der Waals surface area contributed by atoms with Crippen molar-refractivity contribution < 1.29 is 5.11 Å². The monoisotopic (exact) mass is 199 g/mol. The lowest BCUT2D eigenvalue weighted by Crippen LogP contribution is -2.39. The lowest BCUT2D eigenvalue weighted by molar-refractivity contribution is -0.0152. The molecule has 0 aromatic heterocycles. The van der Waals surface area contributed by atoms with Crippen molar-refractivity contribution in [2.24, 2.45) is 5.92 Å². The SMILES string of the molecule is CC(C)CCCC(O)N1CCCCC1. The van der Waals surface area contributed by atoms with Crippen LogP contribution in [-0.2, 0) is 0 Å². The van der Waals surface area contributed by atoms with Crippen LogP contribution in [0.3, 0.4) is 0 Å². The van der Waals surface area contributed by atoms with Gasteiger partial charge in [0.25, 0.3) is 0 Å². The zero-order valence-corrected chi connectivity index (χ0v) is 9.71. The fourth-order valence-electron chi connectivity index (χ4n) is 2.11. The van der Waals surface area contributed by atoms with Gasteiger partial charge in [0.15, 0.2) is 0 Å². The van der Waals surface area contributed by atoms with Crippen LogP contribution in [0.25, 0.3) is 0 Å². The second-order valence-electron chi connectivity index (χ2n) is 4.90. The Bertz CT molecular complexity index is 141. The Labute approximate surface area is 88.3 Å². The Kier molecular flexibility index (Phi) is 5.49. The van der Waals surface area contributed by atoms with Crippen LogP contribution in [-0.4, -0.2) is 29.3 Å². The van der Waals surface area contributed by atoms with E-state index >= 15 is 0 Å². The second-order valence-corrected chi connectivity index (χ2v) is 4.90. The molecule has 1 aliphatic heterocycles. The van der Waals surface area contributed by atoms with Gasteiger partial charge in [-0.2, -0.15) is 0 Å². The van der Waals surface area contributed by atoms with Crippen molar-refractivity contribution in [2.45, 2.75) is 58.6 Å². The highest BCUT2D eigenvalue weighted by molar-refractivity contribution is 4.67. The summed E-state index contributed by atoms with van der Waals surface area (Å²) in [7, 11) is 0. The minimum Gasteiger partial charge on any atom is -0.378 e. The highest BCUT2D eigenvalue weighted by atomic mass is 16.3. The Morgan fingerprint density at radius 1 is 1.07 bits per heavy atom. The Morgan fingerprint density at radius 3 is 2.29 bits per heavy atom. The van der Waals surface area contributed by atoms with E-state index < -0.39 is 0 Å². The summed E-state index contributed by atoms with van der Waals surface area (Å²) in [4.78, 5) is 2.24. The summed E-state index contributed by atoms with van der Waals surface area (Å²) < 4.78 is 0. The second kappa shape index (κ2) is 6.41. The number of hydrogen-bond donors (Lipinski definition) is 1. The molecule has 1 heterocycles. The average molecular weight is 199 g/mol. The number of hydrogen-bond acceptors (Lipinski definition) is 2. The Morgan fingerprint density at radius 2 is 1.71 bits per heavy atom. The first kappa shape index (κ1) is 12.0. The lowest BCUT2D eigenvalue weighted by atomic mass is 10.0. The first-order chi connectivity index (χ1) is 6.70. The van der Waals surface area contributed by atoms with Crippen molar-refractivity contribution >= 4 is 0 Å². The molecule has 0 amide bonds. The van der Waals surface area contributed by atoms with Crippen molar-refractivity contribution in [3.05, 3.63) is 0 Å². The predicted molar refractivity (Wildman–Crippen MR) is 60.1 cm³/mol. The fraction of sp³-hybridized carbons (Fsp3) is 1.00. The molecule has 0 aromatic rings. The van der Waals surface area contributed by atoms with E-state index in [1.807, 2.05) is 0 Å². The minimum atomic E-state index is -0.172. The minimum absolute atomic E-state index is 0.172. The molecule has 1 N–H and O–H groups in total. The number of likely N-dealkylation sites (tertiary alicyclic amines) is 1. The van der Waals surface area contributed by atoms with Crippen LogP contribution in [0.5, 0.6) is 0 Å². The quantitative estimate of drug-likeness (QED) is 0.735. The van der Waals surface area contributed by atoms with Gasteiger partial charge in [0.1, 0.15) is 6.23 Å². The van der Waals surface area contributed by atoms with Crippen LogP contribution in [0.2, 0.25) is 0 Å². The first-order valence-electron chi connectivity index (χ1n) is 6.12. The maximum Gasteiger partial charge on any atom is 0.107 e. The highest BCUT2D eigenvalue weighted by Gasteiger charge is 2.17. The maximum atomic E-state index is 9.91. The van der Waals surface area contributed by atoms with E-state index in [0.717, 1.165) is 31.8 Å². The van der Waals surface area contributed by atoms with Gasteiger partial charge in [-0.15, -0.1) is 0 Å². The fourth-order valence-corrected chi connectivity index (χ4v) is 2.11. The van der Waals surface area contributed by atoms with E-state index in [9.17, 15) is 5.11 Å². The summed E-state index contributed by atoms with van der Waals surface area (Å²) in [5, 5.41) is 9.91. The summed E-state index contributed by atoms with van der Waals surface area (Å²) in [6.07, 6.45) is 7.06. The van der Waals surface area contributed by atoms with Crippen molar-refractivity contribution in [3.8, 4) is 0 Å². The zero-order valence-electron chi connectivity index (χ0n) is 9.71. The normalized spacial score (nSPS) is 21.4. The number of rotatable bonds is 5. The molecule has 14 heavy (non-hydrogen) atoms. The van der Waals surface area contributed by atoms with Crippen molar-refractivity contribution in [1.29, 1.82) is 0 Å². The molecule has 0 radical (unpaired) electrons. The van der Waals surface area contributed by atoms with Gasteiger partial charge in [-0.3, -0.25) is 4.90 Å². The molecule has 0 aromatic carbocycles. The number of aliphatic hydroxyl groups excluding tert-OH is 1. The topological polar surface area (TPSA) is 23.5 Å². The van der Waals surface area contributed by atoms with Gasteiger partial charge >= 0.3 is 0 Å². The standard InChI is InChI=1S/C12H25NO/c1-11(2)7-6-8-12(14)13-9-4-3-5-10-13/h11-12,14H,3-10H2,1-2H3. The maximum absolute atomic E-state index is 9.91.